The van der Waals surface area contributed by atoms with E-state index in [4.69, 9.17) is 0 Å². The van der Waals surface area contributed by atoms with Gasteiger partial charge in [0.15, 0.2) is 0 Å². The molecule has 2 aromatic rings. The van der Waals surface area contributed by atoms with Crippen LogP contribution in [-0.2, 0) is 23.2 Å². The molecule has 1 aromatic heterocycles. The van der Waals surface area contributed by atoms with E-state index in [-0.39, 0.29) is 29.8 Å². The Morgan fingerprint density at radius 3 is 2.83 bits per heavy atom. The van der Waals surface area contributed by atoms with Gasteiger partial charge >= 0.3 is 0 Å². The van der Waals surface area contributed by atoms with Crippen molar-refractivity contribution in [1.29, 1.82) is 0 Å². The maximum absolute atomic E-state index is 14.6. The minimum atomic E-state index is -0.682. The van der Waals surface area contributed by atoms with Crippen LogP contribution in [0.15, 0.2) is 29.6 Å². The van der Waals surface area contributed by atoms with Gasteiger partial charge in [-0.15, -0.1) is 23.7 Å². The van der Waals surface area contributed by atoms with Crippen molar-refractivity contribution in [3.63, 3.8) is 0 Å². The first-order chi connectivity index (χ1) is 10.5. The summed E-state index contributed by atoms with van der Waals surface area (Å²) in [6.45, 7) is 5.16. The molecule has 0 fully saturated rings. The third kappa shape index (κ3) is 3.42. The maximum Gasteiger partial charge on any atom is 0.235 e. The Balaban J connectivity index is 0.00000192. The van der Waals surface area contributed by atoms with Crippen LogP contribution in [0.25, 0.3) is 0 Å². The number of benzene rings is 1. The summed E-state index contributed by atoms with van der Waals surface area (Å²) >= 11 is 1.53. The van der Waals surface area contributed by atoms with Crippen molar-refractivity contribution in [1.82, 2.24) is 5.32 Å². The van der Waals surface area contributed by atoms with Gasteiger partial charge < -0.3 is 10.6 Å². The molecule has 23 heavy (non-hydrogen) atoms. The number of thiophene rings is 1. The van der Waals surface area contributed by atoms with E-state index in [0.29, 0.717) is 18.5 Å². The highest BCUT2D eigenvalue weighted by Crippen LogP contribution is 2.30. The Morgan fingerprint density at radius 2 is 2.13 bits per heavy atom. The SMILES string of the molecule is CC(C)(C(=O)Nc1ccc2c(c1F)CCNC2)c1cccs1.Cl. The standard InChI is InChI=1S/C17H19FN2OS.ClH/c1-17(2,14-4-3-9-22-14)16(21)20-13-6-5-11-10-19-8-7-12(11)15(13)18;/h3-6,9,19H,7-8,10H2,1-2H3,(H,20,21);1H. The molecule has 1 aromatic carbocycles. The number of carbonyl (C=O) groups is 1. The molecule has 0 unspecified atom stereocenters. The average Bonchev–Trinajstić information content (AvgIpc) is 3.05. The second-order valence-corrected chi connectivity index (χ2v) is 7.00. The predicted molar refractivity (Wildman–Crippen MR) is 95.0 cm³/mol. The fraction of sp³-hybridized carbons (Fsp3) is 0.353. The van der Waals surface area contributed by atoms with Crippen molar-refractivity contribution in [2.45, 2.75) is 32.2 Å². The van der Waals surface area contributed by atoms with Crippen molar-refractivity contribution >= 4 is 35.3 Å². The van der Waals surface area contributed by atoms with Crippen LogP contribution in [0.2, 0.25) is 0 Å². The lowest BCUT2D eigenvalue weighted by Crippen LogP contribution is -2.34. The number of anilines is 1. The average molecular weight is 355 g/mol. The monoisotopic (exact) mass is 354 g/mol. The predicted octanol–water partition coefficient (Wildman–Crippen LogP) is 3.87. The van der Waals surface area contributed by atoms with E-state index in [1.54, 1.807) is 6.07 Å². The Kier molecular flexibility index (Phi) is 5.45. The van der Waals surface area contributed by atoms with Crippen LogP contribution in [0.3, 0.4) is 0 Å². The number of hydrogen-bond donors (Lipinski definition) is 2. The highest BCUT2D eigenvalue weighted by Gasteiger charge is 2.31. The maximum atomic E-state index is 14.6. The summed E-state index contributed by atoms with van der Waals surface area (Å²) in [6, 6.07) is 7.39. The summed E-state index contributed by atoms with van der Waals surface area (Å²) in [5.74, 6) is -0.489. The smallest absolute Gasteiger partial charge is 0.235 e. The highest BCUT2D eigenvalue weighted by molar-refractivity contribution is 7.10. The number of nitrogens with one attached hydrogen (secondary N) is 2. The molecule has 0 saturated heterocycles. The molecule has 1 aliphatic heterocycles. The minimum absolute atomic E-state index is 0. The molecule has 3 nitrogen and oxygen atoms in total. The van der Waals surface area contributed by atoms with Crippen molar-refractivity contribution in [3.8, 4) is 0 Å². The van der Waals surface area contributed by atoms with Gasteiger partial charge in [0.05, 0.1) is 11.1 Å². The Hall–Kier alpha value is -1.43. The number of rotatable bonds is 3. The van der Waals surface area contributed by atoms with Crippen LogP contribution >= 0.6 is 23.7 Å². The summed E-state index contributed by atoms with van der Waals surface area (Å²) in [5, 5.41) is 7.92. The molecule has 2 N–H and O–H groups in total. The molecule has 6 heteroatoms. The minimum Gasteiger partial charge on any atom is -0.323 e. The molecule has 0 aliphatic carbocycles. The van der Waals surface area contributed by atoms with Crippen molar-refractivity contribution in [2.24, 2.45) is 0 Å². The van der Waals surface area contributed by atoms with E-state index in [9.17, 15) is 9.18 Å². The third-order valence-corrected chi connectivity index (χ3v) is 5.35. The molecule has 124 valence electrons. The number of halogens is 2. The number of amides is 1. The Morgan fingerprint density at radius 1 is 1.35 bits per heavy atom. The Labute approximate surface area is 145 Å². The lowest BCUT2D eigenvalue weighted by Gasteiger charge is -2.24. The molecule has 0 radical (unpaired) electrons. The zero-order valence-electron chi connectivity index (χ0n) is 13.1. The number of fused-ring (bicyclic) bond motifs is 1. The molecule has 0 spiro atoms. The fourth-order valence-corrected chi connectivity index (χ4v) is 3.50. The van der Waals surface area contributed by atoms with E-state index in [1.807, 2.05) is 37.4 Å². The molecule has 1 aliphatic rings. The van der Waals surface area contributed by atoms with Gasteiger partial charge in [0.1, 0.15) is 5.82 Å². The van der Waals surface area contributed by atoms with Crippen LogP contribution in [0, 0.1) is 5.82 Å². The van der Waals surface area contributed by atoms with Crippen LogP contribution < -0.4 is 10.6 Å². The van der Waals surface area contributed by atoms with Crippen molar-refractivity contribution in [3.05, 3.63) is 51.5 Å². The summed E-state index contributed by atoms with van der Waals surface area (Å²) < 4.78 is 14.6. The van der Waals surface area contributed by atoms with Crippen LogP contribution in [0.1, 0.15) is 29.9 Å². The molecular weight excluding hydrogens is 335 g/mol. The van der Waals surface area contributed by atoms with Gasteiger partial charge in [-0.3, -0.25) is 4.79 Å². The van der Waals surface area contributed by atoms with E-state index in [0.717, 1.165) is 17.0 Å². The summed E-state index contributed by atoms with van der Waals surface area (Å²) in [5.41, 5.74) is 1.28. The normalized spacial score (nSPS) is 13.9. The van der Waals surface area contributed by atoms with Gasteiger partial charge in [0.2, 0.25) is 5.91 Å². The Bertz CT molecular complexity index is 701. The largest absolute Gasteiger partial charge is 0.323 e. The molecule has 0 atom stereocenters. The summed E-state index contributed by atoms with van der Waals surface area (Å²) in [6.07, 6.45) is 0.652. The second-order valence-electron chi connectivity index (χ2n) is 6.05. The van der Waals surface area contributed by atoms with Gasteiger partial charge in [-0.25, -0.2) is 4.39 Å². The molecule has 2 heterocycles. The van der Waals surface area contributed by atoms with Gasteiger partial charge in [-0.05, 0) is 55.5 Å². The number of carbonyl (C=O) groups excluding carboxylic acids is 1. The van der Waals surface area contributed by atoms with Crippen LogP contribution in [0.5, 0.6) is 0 Å². The molecule has 3 rings (SSSR count). The second kappa shape index (κ2) is 6.99. The summed E-state index contributed by atoms with van der Waals surface area (Å²) in [4.78, 5) is 13.5. The molecular formula is C17H20ClFN2OS. The van der Waals surface area contributed by atoms with Crippen LogP contribution in [-0.4, -0.2) is 12.5 Å². The van der Waals surface area contributed by atoms with Gasteiger partial charge in [-0.1, -0.05) is 12.1 Å². The zero-order chi connectivity index (χ0) is 15.7. The topological polar surface area (TPSA) is 41.1 Å². The van der Waals surface area contributed by atoms with E-state index in [2.05, 4.69) is 10.6 Å². The zero-order valence-corrected chi connectivity index (χ0v) is 14.7. The molecule has 1 amide bonds. The first-order valence-corrected chi connectivity index (χ1v) is 8.24. The van der Waals surface area contributed by atoms with E-state index < -0.39 is 5.41 Å². The van der Waals surface area contributed by atoms with Crippen LogP contribution in [0.4, 0.5) is 10.1 Å². The number of hydrogen-bond acceptors (Lipinski definition) is 3. The van der Waals surface area contributed by atoms with E-state index >= 15 is 0 Å². The molecule has 0 bridgehead atoms. The lowest BCUT2D eigenvalue weighted by atomic mass is 9.90. The van der Waals surface area contributed by atoms with Gasteiger partial charge in [-0.2, -0.15) is 0 Å². The van der Waals surface area contributed by atoms with Gasteiger partial charge in [0, 0.05) is 11.4 Å². The molecule has 0 saturated carbocycles. The summed E-state index contributed by atoms with van der Waals surface area (Å²) in [7, 11) is 0. The van der Waals surface area contributed by atoms with Crippen molar-refractivity contribution in [2.75, 3.05) is 11.9 Å². The van der Waals surface area contributed by atoms with Crippen molar-refractivity contribution < 1.29 is 9.18 Å². The van der Waals surface area contributed by atoms with E-state index in [1.165, 1.54) is 11.3 Å². The fourth-order valence-electron chi connectivity index (χ4n) is 2.65. The third-order valence-electron chi connectivity index (χ3n) is 4.16. The highest BCUT2D eigenvalue weighted by atomic mass is 35.5. The lowest BCUT2D eigenvalue weighted by molar-refractivity contribution is -0.120. The van der Waals surface area contributed by atoms with Gasteiger partial charge in [0.25, 0.3) is 0 Å². The quantitative estimate of drug-likeness (QED) is 0.878. The first-order valence-electron chi connectivity index (χ1n) is 7.36. The first kappa shape index (κ1) is 17.9.